The number of nitrogens with two attached hydrogens (primary N) is 1. The van der Waals surface area contributed by atoms with Gasteiger partial charge >= 0.3 is 0 Å². The van der Waals surface area contributed by atoms with Gasteiger partial charge in [0.25, 0.3) is 0 Å². The molecular formula is C12H18N2O2. The Hall–Kier alpha value is -1.45. The zero-order valence-corrected chi connectivity index (χ0v) is 9.77. The van der Waals surface area contributed by atoms with Crippen molar-refractivity contribution in [3.05, 3.63) is 12.1 Å². The lowest BCUT2D eigenvalue weighted by molar-refractivity contribution is 0.225. The maximum absolute atomic E-state index is 5.78. The number of ether oxygens (including phenoxy) is 2. The first-order valence-corrected chi connectivity index (χ1v) is 5.71. The minimum Gasteiger partial charge on any atom is -0.476 e. The number of hydrogen-bond acceptors (Lipinski definition) is 4. The molecule has 1 aromatic heterocycles. The van der Waals surface area contributed by atoms with Gasteiger partial charge in [0.05, 0.1) is 18.4 Å². The number of anilines is 1. The van der Waals surface area contributed by atoms with Crippen molar-refractivity contribution in [1.82, 2.24) is 4.98 Å². The summed E-state index contributed by atoms with van der Waals surface area (Å²) in [6.07, 6.45) is 2.61. The van der Waals surface area contributed by atoms with Crippen LogP contribution in [0.1, 0.15) is 26.7 Å². The van der Waals surface area contributed by atoms with Crippen LogP contribution in [0, 0.1) is 5.92 Å². The number of nitrogen functional groups attached to an aromatic ring is 1. The lowest BCUT2D eigenvalue weighted by Gasteiger charge is -2.11. The minimum atomic E-state index is 0.104. The summed E-state index contributed by atoms with van der Waals surface area (Å²) in [6, 6.07) is 3.53. The maximum Gasteiger partial charge on any atom is 0.240 e. The van der Waals surface area contributed by atoms with Crippen molar-refractivity contribution in [1.29, 1.82) is 0 Å². The van der Waals surface area contributed by atoms with Crippen LogP contribution in [0.15, 0.2) is 12.1 Å². The fourth-order valence-electron chi connectivity index (χ4n) is 1.34. The normalized spacial score (nSPS) is 15.2. The first-order chi connectivity index (χ1) is 7.65. The number of hydrogen-bond donors (Lipinski definition) is 1. The van der Waals surface area contributed by atoms with E-state index in [-0.39, 0.29) is 6.10 Å². The van der Waals surface area contributed by atoms with E-state index in [9.17, 15) is 0 Å². The summed E-state index contributed by atoms with van der Waals surface area (Å²) in [5, 5.41) is 0. The standard InChI is InChI=1S/C12H18N2O2/c1-8(2)16-11-6-5-10(13)12(14-11)15-7-9-3-4-9/h5-6,8-9H,3-4,7,13H2,1-2H3. The summed E-state index contributed by atoms with van der Waals surface area (Å²) in [5.74, 6) is 1.75. The monoisotopic (exact) mass is 222 g/mol. The molecule has 0 atom stereocenters. The highest BCUT2D eigenvalue weighted by Gasteiger charge is 2.22. The Morgan fingerprint density at radius 2 is 2.19 bits per heavy atom. The lowest BCUT2D eigenvalue weighted by atomic mass is 10.4. The molecule has 0 amide bonds. The molecule has 1 saturated carbocycles. The van der Waals surface area contributed by atoms with Gasteiger partial charge in [-0.1, -0.05) is 0 Å². The molecule has 1 aliphatic rings. The smallest absolute Gasteiger partial charge is 0.240 e. The molecule has 1 heterocycles. The summed E-state index contributed by atoms with van der Waals surface area (Å²) in [6.45, 7) is 4.63. The lowest BCUT2D eigenvalue weighted by Crippen LogP contribution is -2.09. The van der Waals surface area contributed by atoms with E-state index in [4.69, 9.17) is 15.2 Å². The van der Waals surface area contributed by atoms with Crippen molar-refractivity contribution in [2.24, 2.45) is 5.92 Å². The van der Waals surface area contributed by atoms with Crippen molar-refractivity contribution < 1.29 is 9.47 Å². The highest BCUT2D eigenvalue weighted by molar-refractivity contribution is 5.49. The van der Waals surface area contributed by atoms with Crippen LogP contribution in [0.25, 0.3) is 0 Å². The summed E-state index contributed by atoms with van der Waals surface area (Å²) in [7, 11) is 0. The van der Waals surface area contributed by atoms with E-state index in [0.717, 1.165) is 0 Å². The topological polar surface area (TPSA) is 57.4 Å². The van der Waals surface area contributed by atoms with E-state index in [0.29, 0.717) is 30.0 Å². The molecule has 0 radical (unpaired) electrons. The average Bonchev–Trinajstić information content (AvgIpc) is 3.02. The van der Waals surface area contributed by atoms with E-state index in [2.05, 4.69) is 4.98 Å². The number of rotatable bonds is 5. The Balaban J connectivity index is 2.02. The molecular weight excluding hydrogens is 204 g/mol. The van der Waals surface area contributed by atoms with Crippen LogP contribution in [0.5, 0.6) is 11.8 Å². The Morgan fingerprint density at radius 3 is 2.81 bits per heavy atom. The van der Waals surface area contributed by atoms with Crippen LogP contribution in [-0.4, -0.2) is 17.7 Å². The Morgan fingerprint density at radius 1 is 1.44 bits per heavy atom. The fourth-order valence-corrected chi connectivity index (χ4v) is 1.34. The molecule has 2 N–H and O–H groups in total. The third-order valence-electron chi connectivity index (χ3n) is 2.37. The van der Waals surface area contributed by atoms with Crippen LogP contribution in [0.3, 0.4) is 0 Å². The Kier molecular flexibility index (Phi) is 3.17. The molecule has 0 aliphatic heterocycles. The highest BCUT2D eigenvalue weighted by Crippen LogP contribution is 2.31. The van der Waals surface area contributed by atoms with Crippen molar-refractivity contribution in [3.63, 3.8) is 0 Å². The first kappa shape index (κ1) is 11.0. The van der Waals surface area contributed by atoms with Gasteiger partial charge in [-0.15, -0.1) is 0 Å². The van der Waals surface area contributed by atoms with Crippen molar-refractivity contribution >= 4 is 5.69 Å². The van der Waals surface area contributed by atoms with Gasteiger partial charge in [-0.05, 0) is 38.7 Å². The van der Waals surface area contributed by atoms with E-state index >= 15 is 0 Å². The first-order valence-electron chi connectivity index (χ1n) is 5.71. The van der Waals surface area contributed by atoms with E-state index in [1.165, 1.54) is 12.8 Å². The Labute approximate surface area is 95.8 Å². The van der Waals surface area contributed by atoms with Crippen molar-refractivity contribution in [2.45, 2.75) is 32.8 Å². The van der Waals surface area contributed by atoms with Gasteiger partial charge < -0.3 is 15.2 Å². The van der Waals surface area contributed by atoms with Gasteiger partial charge in [-0.2, -0.15) is 4.98 Å². The van der Waals surface area contributed by atoms with E-state index < -0.39 is 0 Å². The number of pyridine rings is 1. The van der Waals surface area contributed by atoms with Gasteiger partial charge in [-0.25, -0.2) is 0 Å². The predicted molar refractivity (Wildman–Crippen MR) is 62.6 cm³/mol. The van der Waals surface area contributed by atoms with Gasteiger partial charge in [0.15, 0.2) is 0 Å². The molecule has 4 nitrogen and oxygen atoms in total. The summed E-state index contributed by atoms with van der Waals surface area (Å²) in [4.78, 5) is 4.24. The molecule has 1 aliphatic carbocycles. The van der Waals surface area contributed by atoms with E-state index in [1.807, 2.05) is 13.8 Å². The van der Waals surface area contributed by atoms with Crippen molar-refractivity contribution in [3.8, 4) is 11.8 Å². The van der Waals surface area contributed by atoms with Gasteiger partial charge in [0, 0.05) is 6.07 Å². The van der Waals surface area contributed by atoms with Crippen LogP contribution in [0.2, 0.25) is 0 Å². The predicted octanol–water partition coefficient (Wildman–Crippen LogP) is 2.24. The van der Waals surface area contributed by atoms with Gasteiger partial charge in [0.1, 0.15) is 0 Å². The van der Waals surface area contributed by atoms with Crippen molar-refractivity contribution in [2.75, 3.05) is 12.3 Å². The molecule has 0 aromatic carbocycles. The molecule has 1 aromatic rings. The third kappa shape index (κ3) is 3.02. The summed E-state index contributed by atoms with van der Waals surface area (Å²) in [5.41, 5.74) is 6.35. The number of aromatic nitrogens is 1. The molecule has 2 rings (SSSR count). The number of nitrogens with zero attached hydrogens (tertiary/aromatic N) is 1. The largest absolute Gasteiger partial charge is 0.476 e. The minimum absolute atomic E-state index is 0.104. The molecule has 0 bridgehead atoms. The van der Waals surface area contributed by atoms with Crippen LogP contribution in [-0.2, 0) is 0 Å². The molecule has 88 valence electrons. The molecule has 0 saturated heterocycles. The molecule has 16 heavy (non-hydrogen) atoms. The second-order valence-corrected chi connectivity index (χ2v) is 4.46. The van der Waals surface area contributed by atoms with Crippen LogP contribution >= 0.6 is 0 Å². The van der Waals surface area contributed by atoms with Crippen LogP contribution in [0.4, 0.5) is 5.69 Å². The third-order valence-corrected chi connectivity index (χ3v) is 2.37. The van der Waals surface area contributed by atoms with Gasteiger partial charge in [0.2, 0.25) is 11.8 Å². The molecule has 0 unspecified atom stereocenters. The Bertz CT molecular complexity index is 362. The molecule has 0 spiro atoms. The average molecular weight is 222 g/mol. The maximum atomic E-state index is 5.78. The molecule has 4 heteroatoms. The SMILES string of the molecule is CC(C)Oc1ccc(N)c(OCC2CC2)n1. The zero-order valence-electron chi connectivity index (χ0n) is 9.77. The summed E-state index contributed by atoms with van der Waals surface area (Å²) >= 11 is 0. The van der Waals surface area contributed by atoms with E-state index in [1.54, 1.807) is 12.1 Å². The van der Waals surface area contributed by atoms with Crippen LogP contribution < -0.4 is 15.2 Å². The zero-order chi connectivity index (χ0) is 11.5. The quantitative estimate of drug-likeness (QED) is 0.830. The fraction of sp³-hybridized carbons (Fsp3) is 0.583. The highest BCUT2D eigenvalue weighted by atomic mass is 16.5. The second-order valence-electron chi connectivity index (χ2n) is 4.46. The summed E-state index contributed by atoms with van der Waals surface area (Å²) < 4.78 is 11.1. The molecule has 1 fully saturated rings. The second kappa shape index (κ2) is 4.60. The van der Waals surface area contributed by atoms with Gasteiger partial charge in [-0.3, -0.25) is 0 Å².